The van der Waals surface area contributed by atoms with Crippen molar-refractivity contribution in [3.05, 3.63) is 60.2 Å². The largest absolute Gasteiger partial charge is 0.351 e. The minimum absolute atomic E-state index is 0.0951. The third-order valence-electron chi connectivity index (χ3n) is 6.35. The number of rotatable bonds is 5. The van der Waals surface area contributed by atoms with Crippen molar-refractivity contribution in [2.45, 2.75) is 51.1 Å². The van der Waals surface area contributed by atoms with Crippen LogP contribution in [0, 0.1) is 5.92 Å². The van der Waals surface area contributed by atoms with E-state index in [2.05, 4.69) is 22.9 Å². The van der Waals surface area contributed by atoms with Crippen molar-refractivity contribution in [1.29, 1.82) is 0 Å². The molecule has 3 atom stereocenters. The topological polar surface area (TPSA) is 90.5 Å². The van der Waals surface area contributed by atoms with E-state index in [1.165, 1.54) is 11.3 Å². The Morgan fingerprint density at radius 2 is 1.78 bits per heavy atom. The van der Waals surface area contributed by atoms with Crippen molar-refractivity contribution in [3.63, 3.8) is 0 Å². The maximum Gasteiger partial charge on any atom is 0.323 e. The number of para-hydroxylation sites is 2. The molecule has 3 unspecified atom stereocenters. The van der Waals surface area contributed by atoms with Crippen LogP contribution in [0.15, 0.2) is 54.6 Å². The van der Waals surface area contributed by atoms with Crippen LogP contribution in [0.5, 0.6) is 0 Å². The van der Waals surface area contributed by atoms with Crippen LogP contribution in [-0.4, -0.2) is 36.5 Å². The lowest BCUT2D eigenvalue weighted by Crippen LogP contribution is -2.56. The Labute approximate surface area is 188 Å². The van der Waals surface area contributed by atoms with Crippen LogP contribution in [0.2, 0.25) is 0 Å². The summed E-state index contributed by atoms with van der Waals surface area (Å²) in [5.74, 6) is -0.0342. The summed E-state index contributed by atoms with van der Waals surface area (Å²) < 4.78 is 0. The van der Waals surface area contributed by atoms with Crippen LogP contribution in [0.4, 0.5) is 16.2 Å². The molecule has 2 aliphatic rings. The molecule has 1 heterocycles. The molecule has 1 aliphatic carbocycles. The Balaban J connectivity index is 1.52. The Bertz CT molecular complexity index is 978. The van der Waals surface area contributed by atoms with Crippen molar-refractivity contribution in [2.24, 2.45) is 5.92 Å². The van der Waals surface area contributed by atoms with Gasteiger partial charge in [-0.25, -0.2) is 4.79 Å². The highest BCUT2D eigenvalue weighted by atomic mass is 16.2. The Morgan fingerprint density at radius 3 is 2.56 bits per heavy atom. The van der Waals surface area contributed by atoms with Gasteiger partial charge in [-0.15, -0.1) is 0 Å². The Hall–Kier alpha value is -3.35. The molecule has 0 bridgehead atoms. The van der Waals surface area contributed by atoms with Gasteiger partial charge in [-0.05, 0) is 36.5 Å². The minimum Gasteiger partial charge on any atom is -0.351 e. The number of benzene rings is 2. The van der Waals surface area contributed by atoms with Gasteiger partial charge in [0.05, 0.1) is 11.4 Å². The van der Waals surface area contributed by atoms with Gasteiger partial charge in [0.25, 0.3) is 0 Å². The number of fused-ring (bicyclic) bond motifs is 1. The van der Waals surface area contributed by atoms with Crippen LogP contribution < -0.4 is 20.9 Å². The van der Waals surface area contributed by atoms with Crippen molar-refractivity contribution in [3.8, 4) is 0 Å². The van der Waals surface area contributed by atoms with E-state index in [1.807, 2.05) is 36.4 Å². The molecule has 3 N–H and O–H groups in total. The van der Waals surface area contributed by atoms with Crippen molar-refractivity contribution >= 4 is 29.2 Å². The van der Waals surface area contributed by atoms with Crippen molar-refractivity contribution < 1.29 is 14.4 Å². The molecule has 1 aliphatic heterocycles. The maximum absolute atomic E-state index is 13.3. The smallest absolute Gasteiger partial charge is 0.323 e. The first kappa shape index (κ1) is 21.9. The quantitative estimate of drug-likeness (QED) is 0.673. The fraction of sp³-hybridized carbons (Fsp3) is 0.400. The molecule has 1 fully saturated rings. The second kappa shape index (κ2) is 9.85. The van der Waals surface area contributed by atoms with Gasteiger partial charge in [0.1, 0.15) is 12.6 Å². The van der Waals surface area contributed by atoms with Gasteiger partial charge >= 0.3 is 6.03 Å². The number of hydrogen-bond acceptors (Lipinski definition) is 3. The van der Waals surface area contributed by atoms with Gasteiger partial charge in [-0.1, -0.05) is 62.2 Å². The summed E-state index contributed by atoms with van der Waals surface area (Å²) in [6.07, 6.45) is 4.72. The summed E-state index contributed by atoms with van der Waals surface area (Å²) in [6.45, 7) is 2.07. The molecule has 2 aromatic carbocycles. The van der Waals surface area contributed by atoms with E-state index in [-0.39, 0.29) is 24.4 Å². The van der Waals surface area contributed by atoms with E-state index >= 15 is 0 Å². The summed E-state index contributed by atoms with van der Waals surface area (Å²) >= 11 is 0. The SMILES string of the molecule is CC1CCCCC1NC(=O)C(Cc1ccccc1)NC(=O)N1CC(=O)Nc2ccccc21. The molecule has 168 valence electrons. The standard InChI is InChI=1S/C25H30N4O3/c1-17-9-5-6-12-19(17)27-24(31)21(15-18-10-3-2-4-11-18)28-25(32)29-16-23(30)26-20-13-7-8-14-22(20)29/h2-4,7-8,10-11,13-14,17,19,21H,5-6,9,12,15-16H2,1H3,(H,26,30)(H,27,31)(H,28,32). The van der Waals surface area contributed by atoms with Gasteiger partial charge < -0.3 is 16.0 Å². The van der Waals surface area contributed by atoms with Gasteiger partial charge in [-0.2, -0.15) is 0 Å². The molecule has 0 saturated heterocycles. The first-order valence-electron chi connectivity index (χ1n) is 11.3. The summed E-state index contributed by atoms with van der Waals surface area (Å²) in [5.41, 5.74) is 2.16. The zero-order chi connectivity index (χ0) is 22.5. The highest BCUT2D eigenvalue weighted by Crippen LogP contribution is 2.29. The number of nitrogens with zero attached hydrogens (tertiary/aromatic N) is 1. The average Bonchev–Trinajstić information content (AvgIpc) is 2.80. The monoisotopic (exact) mass is 434 g/mol. The number of carbonyl (C=O) groups excluding carboxylic acids is 3. The highest BCUT2D eigenvalue weighted by molar-refractivity contribution is 6.10. The molecule has 0 spiro atoms. The lowest BCUT2D eigenvalue weighted by molar-refractivity contribution is -0.124. The lowest BCUT2D eigenvalue weighted by atomic mass is 9.85. The fourth-order valence-electron chi connectivity index (χ4n) is 4.51. The normalized spacial score (nSPS) is 21.2. The maximum atomic E-state index is 13.3. The predicted octanol–water partition coefficient (Wildman–Crippen LogP) is 3.46. The van der Waals surface area contributed by atoms with E-state index in [9.17, 15) is 14.4 Å². The van der Waals surface area contributed by atoms with E-state index in [4.69, 9.17) is 0 Å². The number of anilines is 2. The lowest BCUT2D eigenvalue weighted by Gasteiger charge is -2.33. The number of urea groups is 1. The third kappa shape index (κ3) is 5.10. The third-order valence-corrected chi connectivity index (χ3v) is 6.35. The van der Waals surface area contributed by atoms with E-state index in [0.29, 0.717) is 23.7 Å². The number of amides is 4. The van der Waals surface area contributed by atoms with Gasteiger partial charge in [0, 0.05) is 12.5 Å². The fourth-order valence-corrected chi connectivity index (χ4v) is 4.51. The molecule has 0 radical (unpaired) electrons. The minimum atomic E-state index is -0.740. The van der Waals surface area contributed by atoms with E-state index < -0.39 is 12.1 Å². The molecular formula is C25H30N4O3. The predicted molar refractivity (Wildman–Crippen MR) is 124 cm³/mol. The molecule has 2 aromatic rings. The number of nitrogens with one attached hydrogen (secondary N) is 3. The zero-order valence-electron chi connectivity index (χ0n) is 18.3. The van der Waals surface area contributed by atoms with Crippen molar-refractivity contribution in [1.82, 2.24) is 10.6 Å². The molecule has 7 nitrogen and oxygen atoms in total. The number of carbonyl (C=O) groups is 3. The first-order chi connectivity index (χ1) is 15.5. The second-order valence-electron chi connectivity index (χ2n) is 8.72. The molecule has 1 saturated carbocycles. The summed E-state index contributed by atoms with van der Waals surface area (Å²) in [4.78, 5) is 40.0. The van der Waals surface area contributed by atoms with Crippen molar-refractivity contribution in [2.75, 3.05) is 16.8 Å². The molecule has 4 amide bonds. The summed E-state index contributed by atoms with van der Waals surface area (Å²) in [6, 6.07) is 15.7. The summed E-state index contributed by atoms with van der Waals surface area (Å²) in [5, 5.41) is 8.85. The Kier molecular flexibility index (Phi) is 6.73. The average molecular weight is 435 g/mol. The molecule has 7 heteroatoms. The second-order valence-corrected chi connectivity index (χ2v) is 8.72. The summed E-state index contributed by atoms with van der Waals surface area (Å²) in [7, 11) is 0. The van der Waals surface area contributed by atoms with E-state index in [1.54, 1.807) is 18.2 Å². The van der Waals surface area contributed by atoms with Gasteiger partial charge in [0.2, 0.25) is 11.8 Å². The highest BCUT2D eigenvalue weighted by Gasteiger charge is 2.31. The first-order valence-corrected chi connectivity index (χ1v) is 11.3. The zero-order valence-corrected chi connectivity index (χ0v) is 18.3. The van der Waals surface area contributed by atoms with E-state index in [0.717, 1.165) is 24.8 Å². The van der Waals surface area contributed by atoms with Gasteiger partial charge in [-0.3, -0.25) is 14.5 Å². The Morgan fingerprint density at radius 1 is 1.06 bits per heavy atom. The van der Waals surface area contributed by atoms with Gasteiger partial charge in [0.15, 0.2) is 0 Å². The van der Waals surface area contributed by atoms with Crippen LogP contribution in [-0.2, 0) is 16.0 Å². The van der Waals surface area contributed by atoms with Crippen LogP contribution in [0.25, 0.3) is 0 Å². The van der Waals surface area contributed by atoms with Crippen LogP contribution in [0.1, 0.15) is 38.2 Å². The number of hydrogen-bond donors (Lipinski definition) is 3. The van der Waals surface area contributed by atoms with Crippen LogP contribution in [0.3, 0.4) is 0 Å². The molecule has 0 aromatic heterocycles. The molecule has 32 heavy (non-hydrogen) atoms. The van der Waals surface area contributed by atoms with Crippen LogP contribution >= 0.6 is 0 Å². The molecular weight excluding hydrogens is 404 g/mol. The molecule has 4 rings (SSSR count).